The van der Waals surface area contributed by atoms with Gasteiger partial charge in [-0.05, 0) is 49.6 Å². The molecule has 136 valence electrons. The number of nitrogens with two attached hydrogens (primary N) is 1. The molecule has 1 aromatic rings. The van der Waals surface area contributed by atoms with Crippen LogP contribution in [0.2, 0.25) is 0 Å². The van der Waals surface area contributed by atoms with Gasteiger partial charge in [0.05, 0.1) is 0 Å². The van der Waals surface area contributed by atoms with E-state index < -0.39 is 0 Å². The maximum absolute atomic E-state index is 13.1. The van der Waals surface area contributed by atoms with E-state index in [9.17, 15) is 4.79 Å². The predicted molar refractivity (Wildman–Crippen MR) is 97.2 cm³/mol. The number of carbonyl (C=O) groups excluding carboxylic acids is 1. The van der Waals surface area contributed by atoms with Gasteiger partial charge in [-0.2, -0.15) is 0 Å². The van der Waals surface area contributed by atoms with Crippen LogP contribution in [-0.2, 0) is 0 Å². The summed E-state index contributed by atoms with van der Waals surface area (Å²) in [7, 11) is 0. The maximum atomic E-state index is 13.1. The molecule has 0 radical (unpaired) electrons. The van der Waals surface area contributed by atoms with Crippen molar-refractivity contribution in [2.75, 3.05) is 31.9 Å². The van der Waals surface area contributed by atoms with E-state index in [4.69, 9.17) is 5.73 Å². The minimum absolute atomic E-state index is 0.0231. The number of nitrogens with zero attached hydrogens (tertiary/aromatic N) is 4. The number of piperidine rings is 3. The quantitative estimate of drug-likeness (QED) is 0.890. The van der Waals surface area contributed by atoms with Gasteiger partial charge >= 0.3 is 0 Å². The summed E-state index contributed by atoms with van der Waals surface area (Å²) in [5.74, 6) is 1.66. The van der Waals surface area contributed by atoms with Crippen LogP contribution in [0, 0.1) is 11.8 Å². The molecule has 3 aliphatic heterocycles. The second-order valence-electron chi connectivity index (χ2n) is 8.32. The summed E-state index contributed by atoms with van der Waals surface area (Å²) in [6.07, 6.45) is 5.22. The first-order valence-corrected chi connectivity index (χ1v) is 9.69. The van der Waals surface area contributed by atoms with Crippen molar-refractivity contribution in [3.8, 4) is 0 Å². The van der Waals surface area contributed by atoms with E-state index in [1.807, 2.05) is 11.0 Å². The number of likely N-dealkylation sites (tertiary alicyclic amines) is 1. The third-order valence-electron chi connectivity index (χ3n) is 6.13. The zero-order valence-corrected chi connectivity index (χ0v) is 15.3. The topological polar surface area (TPSA) is 75.4 Å². The molecule has 3 saturated heterocycles. The number of hydrogen-bond donors (Lipinski definition) is 1. The van der Waals surface area contributed by atoms with Crippen molar-refractivity contribution in [1.29, 1.82) is 0 Å². The van der Waals surface area contributed by atoms with Crippen LogP contribution < -0.4 is 5.73 Å². The van der Waals surface area contributed by atoms with Crippen LogP contribution in [0.4, 0.5) is 5.95 Å². The van der Waals surface area contributed by atoms with Gasteiger partial charge in [-0.1, -0.05) is 20.3 Å². The molecule has 6 heteroatoms. The van der Waals surface area contributed by atoms with E-state index in [0.29, 0.717) is 23.6 Å². The molecule has 0 aliphatic carbocycles. The molecule has 4 heterocycles. The maximum Gasteiger partial charge on any atom is 0.272 e. The van der Waals surface area contributed by atoms with Gasteiger partial charge in [0.15, 0.2) is 0 Å². The molecule has 1 amide bonds. The summed E-state index contributed by atoms with van der Waals surface area (Å²) in [5, 5.41) is 0. The Bertz CT molecular complexity index is 661. The van der Waals surface area contributed by atoms with Crippen LogP contribution in [0.5, 0.6) is 0 Å². The van der Waals surface area contributed by atoms with Gasteiger partial charge in [0.1, 0.15) is 5.69 Å². The second-order valence-corrected chi connectivity index (χ2v) is 8.32. The Labute approximate surface area is 149 Å². The fourth-order valence-electron chi connectivity index (χ4n) is 4.98. The van der Waals surface area contributed by atoms with E-state index in [1.165, 1.54) is 32.2 Å². The number of amides is 1. The molecular formula is C19H29N5O. The highest BCUT2D eigenvalue weighted by atomic mass is 16.2. The highest BCUT2D eigenvalue weighted by Crippen LogP contribution is 2.37. The lowest BCUT2D eigenvalue weighted by atomic mass is 9.76. The summed E-state index contributed by atoms with van der Waals surface area (Å²) in [6.45, 7) is 8.20. The second kappa shape index (κ2) is 6.56. The lowest BCUT2D eigenvalue weighted by Crippen LogP contribution is -2.59. The zero-order valence-electron chi connectivity index (χ0n) is 15.3. The molecule has 3 fully saturated rings. The number of hydrogen-bond acceptors (Lipinski definition) is 5. The van der Waals surface area contributed by atoms with E-state index in [0.717, 1.165) is 25.3 Å². The molecule has 0 aromatic carbocycles. The Kier molecular flexibility index (Phi) is 4.40. The van der Waals surface area contributed by atoms with E-state index in [1.54, 1.807) is 0 Å². The molecule has 0 saturated carbocycles. The third-order valence-corrected chi connectivity index (χ3v) is 6.13. The lowest BCUT2D eigenvalue weighted by molar-refractivity contribution is -0.0244. The van der Waals surface area contributed by atoms with Crippen LogP contribution in [-0.4, -0.2) is 57.9 Å². The molecule has 2 bridgehead atoms. The molecule has 25 heavy (non-hydrogen) atoms. The number of fused-ring (bicyclic) bond motifs is 4. The summed E-state index contributed by atoms with van der Waals surface area (Å²) in [5.41, 5.74) is 7.14. The molecule has 0 spiro atoms. The van der Waals surface area contributed by atoms with Gasteiger partial charge in [-0.15, -0.1) is 0 Å². The Hall–Kier alpha value is -1.69. The van der Waals surface area contributed by atoms with Gasteiger partial charge in [0, 0.05) is 31.4 Å². The first kappa shape index (κ1) is 16.8. The first-order chi connectivity index (χ1) is 12.0. The van der Waals surface area contributed by atoms with Crippen LogP contribution in [0.15, 0.2) is 6.07 Å². The van der Waals surface area contributed by atoms with Crippen LogP contribution in [0.3, 0.4) is 0 Å². The van der Waals surface area contributed by atoms with E-state index >= 15 is 0 Å². The molecule has 0 unspecified atom stereocenters. The van der Waals surface area contributed by atoms with Crippen LogP contribution in [0.25, 0.3) is 0 Å². The van der Waals surface area contributed by atoms with Crippen molar-refractivity contribution in [3.05, 3.63) is 17.5 Å². The smallest absolute Gasteiger partial charge is 0.272 e. The minimum atomic E-state index is 0.0231. The van der Waals surface area contributed by atoms with E-state index in [-0.39, 0.29) is 17.8 Å². The van der Waals surface area contributed by atoms with Crippen molar-refractivity contribution >= 4 is 11.9 Å². The number of carbonyl (C=O) groups is 1. The fraction of sp³-hybridized carbons (Fsp3) is 0.737. The van der Waals surface area contributed by atoms with E-state index in [2.05, 4.69) is 28.7 Å². The standard InChI is InChI=1S/C19H29N5O/c1-12(2)15-8-16(22-19(20)21-15)18(25)24-10-13-7-14(11-24)17-5-3-4-6-23(17)9-13/h8,12-14,17H,3-7,9-11H2,1-2H3,(H2,20,21,22)/t13-,14-,17+/m1/s1. The van der Waals surface area contributed by atoms with Crippen molar-refractivity contribution in [3.63, 3.8) is 0 Å². The van der Waals surface area contributed by atoms with Crippen molar-refractivity contribution in [1.82, 2.24) is 19.8 Å². The monoisotopic (exact) mass is 343 g/mol. The molecule has 1 aromatic heterocycles. The first-order valence-electron chi connectivity index (χ1n) is 9.69. The predicted octanol–water partition coefficient (Wildman–Crippen LogP) is 2.13. The summed E-state index contributed by atoms with van der Waals surface area (Å²) in [6, 6.07) is 2.49. The van der Waals surface area contributed by atoms with Crippen LogP contribution in [0.1, 0.15) is 61.6 Å². The SMILES string of the molecule is CC(C)c1cc(C(=O)N2C[C@@H]3C[C@H](C2)[C@@H]2CCCCN2C3)nc(N)n1. The lowest BCUT2D eigenvalue weighted by Gasteiger charge is -2.52. The molecule has 3 atom stereocenters. The highest BCUT2D eigenvalue weighted by molar-refractivity contribution is 5.92. The fourth-order valence-corrected chi connectivity index (χ4v) is 4.98. The Balaban J connectivity index is 1.54. The molecule has 2 N–H and O–H groups in total. The Morgan fingerprint density at radius 2 is 2.08 bits per heavy atom. The Morgan fingerprint density at radius 1 is 1.24 bits per heavy atom. The van der Waals surface area contributed by atoms with Crippen molar-refractivity contribution < 1.29 is 4.79 Å². The van der Waals surface area contributed by atoms with Crippen molar-refractivity contribution in [2.24, 2.45) is 11.8 Å². The summed E-state index contributed by atoms with van der Waals surface area (Å²) < 4.78 is 0. The highest BCUT2D eigenvalue weighted by Gasteiger charge is 2.42. The molecule has 4 rings (SSSR count). The van der Waals surface area contributed by atoms with Crippen LogP contribution >= 0.6 is 0 Å². The number of aromatic nitrogens is 2. The van der Waals surface area contributed by atoms with Gasteiger partial charge < -0.3 is 10.6 Å². The number of rotatable bonds is 2. The minimum Gasteiger partial charge on any atom is -0.368 e. The molecular weight excluding hydrogens is 314 g/mol. The zero-order chi connectivity index (χ0) is 17.6. The summed E-state index contributed by atoms with van der Waals surface area (Å²) >= 11 is 0. The third kappa shape index (κ3) is 3.24. The molecule has 6 nitrogen and oxygen atoms in total. The van der Waals surface area contributed by atoms with Gasteiger partial charge in [0.2, 0.25) is 5.95 Å². The van der Waals surface area contributed by atoms with Gasteiger partial charge in [-0.3, -0.25) is 9.69 Å². The average Bonchev–Trinajstić information content (AvgIpc) is 2.60. The summed E-state index contributed by atoms with van der Waals surface area (Å²) in [4.78, 5) is 26.3. The normalized spacial score (nSPS) is 29.6. The number of nitrogen functional groups attached to an aromatic ring is 1. The number of anilines is 1. The average molecular weight is 343 g/mol. The Morgan fingerprint density at radius 3 is 2.88 bits per heavy atom. The molecule has 3 aliphatic rings. The van der Waals surface area contributed by atoms with Crippen molar-refractivity contribution in [2.45, 2.75) is 51.5 Å². The van der Waals surface area contributed by atoms with Gasteiger partial charge in [0.25, 0.3) is 5.91 Å². The largest absolute Gasteiger partial charge is 0.368 e. The van der Waals surface area contributed by atoms with Gasteiger partial charge in [-0.25, -0.2) is 9.97 Å².